The number of halogens is 1. The second-order valence-corrected chi connectivity index (χ2v) is 4.65. The molecule has 0 saturated heterocycles. The third-order valence-electron chi connectivity index (χ3n) is 2.62. The van der Waals surface area contributed by atoms with Gasteiger partial charge in [-0.2, -0.15) is 0 Å². The van der Waals surface area contributed by atoms with E-state index in [1.165, 1.54) is 0 Å². The SMILES string of the molecule is O=C1NC(c2ccc(Br)cc2)=CN2C=[C+]C=C12. The van der Waals surface area contributed by atoms with Crippen LogP contribution in [-0.2, 0) is 4.79 Å². The quantitative estimate of drug-likeness (QED) is 0.805. The Morgan fingerprint density at radius 1 is 1.24 bits per heavy atom. The van der Waals surface area contributed by atoms with E-state index in [1.807, 2.05) is 30.5 Å². The van der Waals surface area contributed by atoms with Crippen LogP contribution in [-0.4, -0.2) is 10.8 Å². The molecule has 3 nitrogen and oxygen atoms in total. The van der Waals surface area contributed by atoms with Gasteiger partial charge in [-0.1, -0.05) is 28.1 Å². The number of nitrogens with one attached hydrogen (secondary N) is 1. The van der Waals surface area contributed by atoms with Crippen molar-refractivity contribution in [2.24, 2.45) is 0 Å². The Hall–Kier alpha value is -1.90. The molecule has 0 aliphatic carbocycles. The van der Waals surface area contributed by atoms with Crippen molar-refractivity contribution >= 4 is 27.5 Å². The third kappa shape index (κ3) is 1.78. The summed E-state index contributed by atoms with van der Waals surface area (Å²) in [5.41, 5.74) is 2.37. The van der Waals surface area contributed by atoms with E-state index in [-0.39, 0.29) is 5.91 Å². The van der Waals surface area contributed by atoms with Gasteiger partial charge in [-0.05, 0) is 17.7 Å². The predicted octanol–water partition coefficient (Wildman–Crippen LogP) is 2.39. The topological polar surface area (TPSA) is 32.3 Å². The first-order chi connectivity index (χ1) is 8.24. The van der Waals surface area contributed by atoms with Crippen molar-refractivity contribution in [2.75, 3.05) is 0 Å². The standard InChI is InChI=1S/C13H7BrN2O/c14-10-5-3-9(4-6-10)11-8-16-7-1-2-12(16)13(17)15-11/h2-8H/p+1. The van der Waals surface area contributed by atoms with E-state index < -0.39 is 0 Å². The van der Waals surface area contributed by atoms with Crippen molar-refractivity contribution in [3.63, 3.8) is 0 Å². The minimum absolute atomic E-state index is 0.105. The van der Waals surface area contributed by atoms with Gasteiger partial charge in [0.15, 0.2) is 12.3 Å². The fraction of sp³-hybridized carbons (Fsp3) is 0. The lowest BCUT2D eigenvalue weighted by Crippen LogP contribution is -2.33. The molecule has 2 aliphatic rings. The molecule has 1 aromatic carbocycles. The molecule has 2 aliphatic heterocycles. The van der Waals surface area contributed by atoms with Crippen LogP contribution in [0.2, 0.25) is 0 Å². The highest BCUT2D eigenvalue weighted by atomic mass is 79.9. The Kier molecular flexibility index (Phi) is 2.32. The molecule has 0 aromatic heterocycles. The molecule has 3 rings (SSSR count). The molecule has 0 unspecified atom stereocenters. The number of hydrogen-bond donors (Lipinski definition) is 1. The van der Waals surface area contributed by atoms with E-state index in [9.17, 15) is 4.79 Å². The molecule has 0 atom stereocenters. The Bertz CT molecular complexity index is 570. The maximum atomic E-state index is 11.8. The molecule has 0 radical (unpaired) electrons. The average molecular weight is 288 g/mol. The molecular weight excluding hydrogens is 280 g/mol. The molecular formula is C13H8BrN2O+. The molecule has 0 spiro atoms. The first kappa shape index (κ1) is 10.3. The summed E-state index contributed by atoms with van der Waals surface area (Å²) in [4.78, 5) is 13.6. The van der Waals surface area contributed by atoms with Gasteiger partial charge in [-0.15, -0.1) is 0 Å². The first-order valence-corrected chi connectivity index (χ1v) is 5.90. The highest BCUT2D eigenvalue weighted by Crippen LogP contribution is 2.24. The summed E-state index contributed by atoms with van der Waals surface area (Å²) >= 11 is 3.38. The Balaban J connectivity index is 1.99. The highest BCUT2D eigenvalue weighted by molar-refractivity contribution is 9.10. The number of allylic oxidation sites excluding steroid dienone is 2. The Morgan fingerprint density at radius 3 is 2.76 bits per heavy atom. The molecule has 4 heteroatoms. The number of fused-ring (bicyclic) bond motifs is 1. The van der Waals surface area contributed by atoms with E-state index in [4.69, 9.17) is 0 Å². The summed E-state index contributed by atoms with van der Waals surface area (Å²) in [7, 11) is 0. The fourth-order valence-electron chi connectivity index (χ4n) is 1.76. The molecule has 1 aromatic rings. The van der Waals surface area contributed by atoms with Gasteiger partial charge in [0.25, 0.3) is 5.70 Å². The van der Waals surface area contributed by atoms with Gasteiger partial charge in [0.2, 0.25) is 0 Å². The van der Waals surface area contributed by atoms with Crippen molar-refractivity contribution in [1.82, 2.24) is 10.2 Å². The summed E-state index contributed by atoms with van der Waals surface area (Å²) in [5, 5.41) is 2.86. The summed E-state index contributed by atoms with van der Waals surface area (Å²) in [6.45, 7) is 0. The number of amides is 1. The predicted molar refractivity (Wildman–Crippen MR) is 68.0 cm³/mol. The van der Waals surface area contributed by atoms with Gasteiger partial charge in [-0.25, -0.2) is 9.69 Å². The van der Waals surface area contributed by atoms with Gasteiger partial charge in [0, 0.05) is 4.47 Å². The number of benzene rings is 1. The number of hydrogen-bond acceptors (Lipinski definition) is 2. The smallest absolute Gasteiger partial charge is 0.301 e. The monoisotopic (exact) mass is 287 g/mol. The first-order valence-electron chi connectivity index (χ1n) is 5.11. The van der Waals surface area contributed by atoms with Crippen LogP contribution in [0.15, 0.2) is 52.9 Å². The lowest BCUT2D eigenvalue weighted by atomic mass is 10.1. The van der Waals surface area contributed by atoms with E-state index in [1.54, 1.807) is 17.2 Å². The minimum atomic E-state index is -0.105. The summed E-state index contributed by atoms with van der Waals surface area (Å²) in [6.07, 6.45) is 8.20. The van der Waals surface area contributed by atoms with Crippen molar-refractivity contribution in [3.8, 4) is 0 Å². The molecule has 1 N–H and O–H groups in total. The zero-order chi connectivity index (χ0) is 11.8. The second kappa shape index (κ2) is 3.84. The maximum Gasteiger partial charge on any atom is 0.358 e. The largest absolute Gasteiger partial charge is 0.358 e. The summed E-state index contributed by atoms with van der Waals surface area (Å²) in [6, 6.07) is 7.79. The Morgan fingerprint density at radius 2 is 2.00 bits per heavy atom. The Labute approximate surface area is 107 Å². The maximum absolute atomic E-state index is 11.8. The van der Waals surface area contributed by atoms with Crippen molar-refractivity contribution in [1.29, 1.82) is 0 Å². The van der Waals surface area contributed by atoms with Crippen molar-refractivity contribution < 1.29 is 4.79 Å². The molecule has 0 fully saturated rings. The second-order valence-electron chi connectivity index (χ2n) is 3.74. The lowest BCUT2D eigenvalue weighted by Gasteiger charge is -2.17. The molecule has 0 bridgehead atoms. The van der Waals surface area contributed by atoms with Crippen molar-refractivity contribution in [3.05, 3.63) is 64.6 Å². The third-order valence-corrected chi connectivity index (χ3v) is 3.14. The number of carbonyl (C=O) groups is 1. The van der Waals surface area contributed by atoms with Crippen molar-refractivity contribution in [2.45, 2.75) is 0 Å². The van der Waals surface area contributed by atoms with Crippen LogP contribution < -0.4 is 5.32 Å². The van der Waals surface area contributed by atoms with Gasteiger partial charge in [0.1, 0.15) is 6.08 Å². The van der Waals surface area contributed by atoms with Gasteiger partial charge in [0.05, 0.1) is 11.9 Å². The molecule has 0 saturated carbocycles. The van der Waals surface area contributed by atoms with Crippen LogP contribution in [0.5, 0.6) is 0 Å². The average Bonchev–Trinajstić information content (AvgIpc) is 2.78. The zero-order valence-electron chi connectivity index (χ0n) is 8.77. The zero-order valence-corrected chi connectivity index (χ0v) is 10.4. The molecule has 2 heterocycles. The van der Waals surface area contributed by atoms with E-state index >= 15 is 0 Å². The van der Waals surface area contributed by atoms with Gasteiger partial charge in [-0.3, -0.25) is 0 Å². The molecule has 1 amide bonds. The van der Waals surface area contributed by atoms with Crippen LogP contribution in [0.1, 0.15) is 5.56 Å². The molecule has 17 heavy (non-hydrogen) atoms. The van der Waals surface area contributed by atoms with Crippen LogP contribution in [0.3, 0.4) is 0 Å². The van der Waals surface area contributed by atoms with E-state index in [0.717, 1.165) is 15.7 Å². The van der Waals surface area contributed by atoms with Gasteiger partial charge >= 0.3 is 5.91 Å². The van der Waals surface area contributed by atoms with E-state index in [0.29, 0.717) is 5.70 Å². The summed E-state index contributed by atoms with van der Waals surface area (Å²) in [5.74, 6) is -0.105. The number of nitrogens with zero attached hydrogens (tertiary/aromatic N) is 1. The van der Waals surface area contributed by atoms with Crippen LogP contribution in [0, 0.1) is 6.08 Å². The minimum Gasteiger partial charge on any atom is -0.301 e. The number of carbonyl (C=O) groups excluding carboxylic acids is 1. The van der Waals surface area contributed by atoms with Gasteiger partial charge < -0.3 is 5.32 Å². The fourth-order valence-corrected chi connectivity index (χ4v) is 2.03. The van der Waals surface area contributed by atoms with E-state index in [2.05, 4.69) is 27.3 Å². The van der Waals surface area contributed by atoms with Crippen LogP contribution in [0.4, 0.5) is 0 Å². The summed E-state index contributed by atoms with van der Waals surface area (Å²) < 4.78 is 1.01. The molecule has 82 valence electrons. The number of rotatable bonds is 1. The lowest BCUT2D eigenvalue weighted by molar-refractivity contribution is -0.117. The van der Waals surface area contributed by atoms with Crippen LogP contribution >= 0.6 is 15.9 Å². The van der Waals surface area contributed by atoms with Crippen LogP contribution in [0.25, 0.3) is 5.70 Å². The highest BCUT2D eigenvalue weighted by Gasteiger charge is 2.32. The normalized spacial score (nSPS) is 17.0.